The van der Waals surface area contributed by atoms with E-state index in [1.54, 1.807) is 0 Å². The van der Waals surface area contributed by atoms with E-state index in [1.807, 2.05) is 31.2 Å². The number of benzene rings is 1. The number of para-hydroxylation sites is 1. The van der Waals surface area contributed by atoms with Crippen LogP contribution in [-0.4, -0.2) is 31.5 Å². The van der Waals surface area contributed by atoms with Crippen molar-refractivity contribution in [2.45, 2.75) is 23.8 Å². The summed E-state index contributed by atoms with van der Waals surface area (Å²) in [5, 5.41) is 16.7. The SMILES string of the molecule is CCC(Sc1nnc2ccccc2n1)C(=O)O. The number of carbonyl (C=O) groups is 1. The Morgan fingerprint density at radius 3 is 2.71 bits per heavy atom. The predicted octanol–water partition coefficient (Wildman–Crippen LogP) is 1.98. The van der Waals surface area contributed by atoms with Gasteiger partial charge in [0.15, 0.2) is 0 Å². The molecule has 0 aliphatic rings. The van der Waals surface area contributed by atoms with Gasteiger partial charge in [0, 0.05) is 0 Å². The molecule has 2 rings (SSSR count). The quantitative estimate of drug-likeness (QED) is 0.835. The van der Waals surface area contributed by atoms with E-state index in [1.165, 1.54) is 0 Å². The van der Waals surface area contributed by atoms with Gasteiger partial charge in [-0.3, -0.25) is 4.79 Å². The van der Waals surface area contributed by atoms with Crippen LogP contribution in [-0.2, 0) is 4.79 Å². The zero-order valence-electron chi connectivity index (χ0n) is 9.20. The number of aromatic nitrogens is 3. The maximum absolute atomic E-state index is 10.9. The summed E-state index contributed by atoms with van der Waals surface area (Å²) in [5.74, 6) is -0.853. The van der Waals surface area contributed by atoms with E-state index in [-0.39, 0.29) is 0 Å². The van der Waals surface area contributed by atoms with Crippen molar-refractivity contribution in [3.8, 4) is 0 Å². The first-order valence-corrected chi connectivity index (χ1v) is 6.07. The summed E-state index contributed by atoms with van der Waals surface area (Å²) in [5.41, 5.74) is 1.44. The second-order valence-electron chi connectivity index (χ2n) is 3.44. The predicted molar refractivity (Wildman–Crippen MR) is 64.9 cm³/mol. The van der Waals surface area contributed by atoms with E-state index in [0.717, 1.165) is 17.3 Å². The smallest absolute Gasteiger partial charge is 0.317 e. The summed E-state index contributed by atoms with van der Waals surface area (Å²) in [4.78, 5) is 15.2. The third-order valence-corrected chi connectivity index (χ3v) is 3.44. The lowest BCUT2D eigenvalue weighted by Crippen LogP contribution is -2.15. The van der Waals surface area contributed by atoms with Gasteiger partial charge in [-0.25, -0.2) is 4.98 Å². The number of carboxylic acid groups (broad SMARTS) is 1. The van der Waals surface area contributed by atoms with Crippen molar-refractivity contribution in [2.24, 2.45) is 0 Å². The Morgan fingerprint density at radius 2 is 2.06 bits per heavy atom. The molecule has 1 heterocycles. The number of hydrogen-bond acceptors (Lipinski definition) is 5. The highest BCUT2D eigenvalue weighted by molar-refractivity contribution is 8.00. The van der Waals surface area contributed by atoms with Gasteiger partial charge in [-0.1, -0.05) is 30.8 Å². The molecule has 1 unspecified atom stereocenters. The van der Waals surface area contributed by atoms with E-state index < -0.39 is 11.2 Å². The molecule has 0 radical (unpaired) electrons. The van der Waals surface area contributed by atoms with Crippen molar-refractivity contribution in [1.82, 2.24) is 15.2 Å². The van der Waals surface area contributed by atoms with Gasteiger partial charge in [-0.05, 0) is 18.6 Å². The molecule has 1 atom stereocenters. The molecule has 0 bridgehead atoms. The minimum absolute atomic E-state index is 0.401. The van der Waals surface area contributed by atoms with Crippen LogP contribution in [0.2, 0.25) is 0 Å². The van der Waals surface area contributed by atoms with E-state index in [0.29, 0.717) is 17.1 Å². The van der Waals surface area contributed by atoms with Crippen LogP contribution in [0.5, 0.6) is 0 Å². The van der Waals surface area contributed by atoms with E-state index in [9.17, 15) is 4.79 Å². The van der Waals surface area contributed by atoms with Gasteiger partial charge in [0.25, 0.3) is 0 Å². The van der Waals surface area contributed by atoms with Crippen molar-refractivity contribution in [1.29, 1.82) is 0 Å². The topological polar surface area (TPSA) is 76.0 Å². The lowest BCUT2D eigenvalue weighted by atomic mass is 10.3. The van der Waals surface area contributed by atoms with Crippen LogP contribution in [0.1, 0.15) is 13.3 Å². The summed E-state index contributed by atoms with van der Waals surface area (Å²) in [6.07, 6.45) is 0.524. The first-order valence-electron chi connectivity index (χ1n) is 5.19. The Hall–Kier alpha value is -1.69. The van der Waals surface area contributed by atoms with Gasteiger partial charge in [-0.2, -0.15) is 0 Å². The Kier molecular flexibility index (Phi) is 3.53. The first-order chi connectivity index (χ1) is 8.20. The summed E-state index contributed by atoms with van der Waals surface area (Å²) < 4.78 is 0. The molecule has 5 nitrogen and oxygen atoms in total. The Balaban J connectivity index is 2.27. The van der Waals surface area contributed by atoms with Gasteiger partial charge in [0.05, 0.1) is 5.52 Å². The fourth-order valence-corrected chi connectivity index (χ4v) is 2.11. The highest BCUT2D eigenvalue weighted by atomic mass is 32.2. The molecule has 0 fully saturated rings. The number of thioether (sulfide) groups is 1. The first kappa shape index (κ1) is 11.8. The molecular formula is C11H11N3O2S. The number of carboxylic acids is 1. The molecular weight excluding hydrogens is 238 g/mol. The maximum Gasteiger partial charge on any atom is 0.317 e. The van der Waals surface area contributed by atoms with Crippen LogP contribution in [0.4, 0.5) is 0 Å². The van der Waals surface area contributed by atoms with Gasteiger partial charge < -0.3 is 5.11 Å². The molecule has 0 saturated carbocycles. The van der Waals surface area contributed by atoms with Crippen LogP contribution < -0.4 is 0 Å². The average molecular weight is 249 g/mol. The highest BCUT2D eigenvalue weighted by Gasteiger charge is 2.18. The summed E-state index contributed by atoms with van der Waals surface area (Å²) in [7, 11) is 0. The Morgan fingerprint density at radius 1 is 1.35 bits per heavy atom. The molecule has 6 heteroatoms. The van der Waals surface area contributed by atoms with Crippen LogP contribution in [0.3, 0.4) is 0 Å². The molecule has 0 saturated heterocycles. The summed E-state index contributed by atoms with van der Waals surface area (Å²) in [6.45, 7) is 1.82. The third-order valence-electron chi connectivity index (χ3n) is 2.24. The molecule has 0 spiro atoms. The molecule has 1 N–H and O–H groups in total. The summed E-state index contributed by atoms with van der Waals surface area (Å²) >= 11 is 1.13. The fourth-order valence-electron chi connectivity index (χ4n) is 1.35. The number of nitrogens with zero attached hydrogens (tertiary/aromatic N) is 3. The van der Waals surface area contributed by atoms with Crippen molar-refractivity contribution in [3.05, 3.63) is 24.3 Å². The molecule has 2 aromatic rings. The zero-order chi connectivity index (χ0) is 12.3. The number of aliphatic carboxylic acids is 1. The van der Waals surface area contributed by atoms with Gasteiger partial charge >= 0.3 is 5.97 Å². The molecule has 1 aromatic carbocycles. The standard InChI is InChI=1S/C11H11N3O2S/c1-2-9(10(15)16)17-11-12-7-5-3-4-6-8(7)13-14-11/h3-6,9H,2H2,1H3,(H,15,16). The van der Waals surface area contributed by atoms with Crippen LogP contribution in [0.25, 0.3) is 11.0 Å². The van der Waals surface area contributed by atoms with Crippen molar-refractivity contribution in [3.63, 3.8) is 0 Å². The van der Waals surface area contributed by atoms with Gasteiger partial charge in [0.1, 0.15) is 10.8 Å². The lowest BCUT2D eigenvalue weighted by molar-refractivity contribution is -0.136. The zero-order valence-corrected chi connectivity index (χ0v) is 10.0. The average Bonchev–Trinajstić information content (AvgIpc) is 2.35. The molecule has 0 amide bonds. The Labute approximate surface area is 102 Å². The number of fused-ring (bicyclic) bond motifs is 1. The maximum atomic E-state index is 10.9. The fraction of sp³-hybridized carbons (Fsp3) is 0.273. The molecule has 0 aliphatic heterocycles. The van der Waals surface area contributed by atoms with Crippen LogP contribution in [0, 0.1) is 0 Å². The monoisotopic (exact) mass is 249 g/mol. The number of hydrogen-bond donors (Lipinski definition) is 1. The largest absolute Gasteiger partial charge is 0.480 e. The van der Waals surface area contributed by atoms with E-state index in [4.69, 9.17) is 5.11 Å². The van der Waals surface area contributed by atoms with Crippen molar-refractivity contribution < 1.29 is 9.90 Å². The normalized spacial score (nSPS) is 12.5. The molecule has 17 heavy (non-hydrogen) atoms. The Bertz CT molecular complexity index is 547. The van der Waals surface area contributed by atoms with Crippen LogP contribution >= 0.6 is 11.8 Å². The second kappa shape index (κ2) is 5.09. The molecule has 1 aromatic heterocycles. The van der Waals surface area contributed by atoms with Gasteiger partial charge in [-0.15, -0.1) is 10.2 Å². The van der Waals surface area contributed by atoms with Crippen molar-refractivity contribution in [2.75, 3.05) is 0 Å². The van der Waals surface area contributed by atoms with Crippen LogP contribution in [0.15, 0.2) is 29.4 Å². The molecule has 0 aliphatic carbocycles. The lowest BCUT2D eigenvalue weighted by Gasteiger charge is -2.07. The minimum Gasteiger partial charge on any atom is -0.480 e. The van der Waals surface area contributed by atoms with E-state index in [2.05, 4.69) is 15.2 Å². The minimum atomic E-state index is -0.853. The highest BCUT2D eigenvalue weighted by Crippen LogP contribution is 2.22. The summed E-state index contributed by atoms with van der Waals surface area (Å²) in [6, 6.07) is 7.37. The molecule has 88 valence electrons. The van der Waals surface area contributed by atoms with Crippen molar-refractivity contribution >= 4 is 28.8 Å². The van der Waals surface area contributed by atoms with Gasteiger partial charge in [0.2, 0.25) is 5.16 Å². The second-order valence-corrected chi connectivity index (χ2v) is 4.61. The van der Waals surface area contributed by atoms with E-state index >= 15 is 0 Å². The number of rotatable bonds is 4. The third kappa shape index (κ3) is 2.71.